The molecular formula is C20H23N3O3S. The lowest BCUT2D eigenvalue weighted by Gasteiger charge is -2.36. The lowest BCUT2D eigenvalue weighted by atomic mass is 9.97. The zero-order chi connectivity index (χ0) is 18.8. The number of β-amino-alcohol motifs (C(OH)–C–C–N with tert-alkyl or cyclic N) is 1. The highest BCUT2D eigenvalue weighted by Crippen LogP contribution is 2.35. The van der Waals surface area contributed by atoms with E-state index in [4.69, 9.17) is 4.52 Å². The molecule has 4 rings (SSSR count). The van der Waals surface area contributed by atoms with E-state index >= 15 is 0 Å². The summed E-state index contributed by atoms with van der Waals surface area (Å²) in [6, 6.07) is 11.9. The summed E-state index contributed by atoms with van der Waals surface area (Å²) in [6.45, 7) is 3.78. The van der Waals surface area contributed by atoms with Crippen LogP contribution in [0.5, 0.6) is 0 Å². The predicted molar refractivity (Wildman–Crippen MR) is 105 cm³/mol. The van der Waals surface area contributed by atoms with Crippen LogP contribution in [0.3, 0.4) is 0 Å². The quantitative estimate of drug-likeness (QED) is 0.706. The van der Waals surface area contributed by atoms with Crippen molar-refractivity contribution < 1.29 is 9.63 Å². The van der Waals surface area contributed by atoms with E-state index in [1.165, 1.54) is 15.0 Å². The number of aromatic nitrogens is 2. The predicted octanol–water partition coefficient (Wildman–Crippen LogP) is 2.94. The normalized spacial score (nSPS) is 18.4. The van der Waals surface area contributed by atoms with Gasteiger partial charge in [-0.3, -0.25) is 14.0 Å². The van der Waals surface area contributed by atoms with E-state index in [1.807, 2.05) is 41.7 Å². The fourth-order valence-corrected chi connectivity index (χ4v) is 4.84. The summed E-state index contributed by atoms with van der Waals surface area (Å²) in [5.41, 5.74) is 2.18. The molecule has 3 aromatic rings. The minimum Gasteiger partial charge on any atom is -0.390 e. The highest BCUT2D eigenvalue weighted by molar-refractivity contribution is 7.10. The van der Waals surface area contributed by atoms with E-state index in [9.17, 15) is 9.90 Å². The lowest BCUT2D eigenvalue weighted by Crippen LogP contribution is -2.41. The summed E-state index contributed by atoms with van der Waals surface area (Å²) in [5, 5.41) is 16.8. The Hall–Kier alpha value is -2.22. The van der Waals surface area contributed by atoms with Gasteiger partial charge in [0.1, 0.15) is 0 Å². The topological polar surface area (TPSA) is 71.5 Å². The minimum atomic E-state index is -0.682. The summed E-state index contributed by atoms with van der Waals surface area (Å²) in [4.78, 5) is 15.9. The smallest absolute Gasteiger partial charge is 0.390 e. The van der Waals surface area contributed by atoms with Gasteiger partial charge < -0.3 is 5.11 Å². The number of hydrogen-bond acceptors (Lipinski definition) is 6. The number of benzene rings is 1. The Morgan fingerprint density at radius 3 is 2.89 bits per heavy atom. The van der Waals surface area contributed by atoms with Crippen molar-refractivity contribution in [1.29, 1.82) is 0 Å². The van der Waals surface area contributed by atoms with Gasteiger partial charge in [-0.25, -0.2) is 4.79 Å². The number of hydrogen-bond donors (Lipinski definition) is 1. The molecule has 2 aromatic heterocycles. The summed E-state index contributed by atoms with van der Waals surface area (Å²) in [7, 11) is 0. The average molecular weight is 385 g/mol. The third kappa shape index (κ3) is 3.63. The number of aliphatic hydroxyl groups excluding tert-OH is 1. The van der Waals surface area contributed by atoms with Gasteiger partial charge in [0.15, 0.2) is 5.82 Å². The molecular weight excluding hydrogens is 362 g/mol. The summed E-state index contributed by atoms with van der Waals surface area (Å²) in [6.07, 6.45) is 1.33. The van der Waals surface area contributed by atoms with Crippen molar-refractivity contribution in [3.8, 4) is 11.4 Å². The monoisotopic (exact) mass is 385 g/mol. The van der Waals surface area contributed by atoms with Crippen LogP contribution in [0.4, 0.5) is 0 Å². The molecule has 27 heavy (non-hydrogen) atoms. The Bertz CT molecular complexity index is 947. The van der Waals surface area contributed by atoms with Crippen LogP contribution in [-0.4, -0.2) is 38.9 Å². The van der Waals surface area contributed by atoms with Crippen LogP contribution in [-0.2, 0) is 13.0 Å². The molecule has 0 radical (unpaired) electrons. The summed E-state index contributed by atoms with van der Waals surface area (Å²) < 4.78 is 6.27. The molecule has 2 unspecified atom stereocenters. The third-order valence-electron chi connectivity index (χ3n) is 5.15. The maximum Gasteiger partial charge on any atom is 0.441 e. The molecule has 2 atom stereocenters. The minimum absolute atomic E-state index is 0.163. The van der Waals surface area contributed by atoms with Gasteiger partial charge in [-0.05, 0) is 29.9 Å². The number of aliphatic hydroxyl groups is 1. The van der Waals surface area contributed by atoms with E-state index < -0.39 is 11.9 Å². The number of fused-ring (bicyclic) bond motifs is 1. The van der Waals surface area contributed by atoms with Gasteiger partial charge in [-0.1, -0.05) is 42.4 Å². The molecule has 3 heterocycles. The molecule has 0 aliphatic carbocycles. The SMILES string of the molecule is CCC1c2ccsc2CCN1CC(O)Cn1c(-c2ccccc2)noc1=O. The zero-order valence-electron chi connectivity index (χ0n) is 15.2. The number of thiophene rings is 1. The standard InChI is InChI=1S/C20H23N3O3S/c1-2-17-16-9-11-27-18(16)8-10-22(17)12-15(24)13-23-19(21-26-20(23)25)14-6-4-3-5-7-14/h3-7,9,11,15,17,24H,2,8,10,12-13H2,1H3. The van der Waals surface area contributed by atoms with E-state index in [-0.39, 0.29) is 6.54 Å². The van der Waals surface area contributed by atoms with Gasteiger partial charge in [0.25, 0.3) is 0 Å². The molecule has 1 N–H and O–H groups in total. The fourth-order valence-electron chi connectivity index (χ4n) is 3.91. The van der Waals surface area contributed by atoms with E-state index in [1.54, 1.807) is 0 Å². The molecule has 0 saturated carbocycles. The molecule has 0 amide bonds. The lowest BCUT2D eigenvalue weighted by molar-refractivity contribution is 0.0687. The van der Waals surface area contributed by atoms with Crippen molar-refractivity contribution in [3.05, 3.63) is 62.8 Å². The molecule has 142 valence electrons. The van der Waals surface area contributed by atoms with Crippen LogP contribution >= 0.6 is 11.3 Å². The molecule has 0 spiro atoms. The van der Waals surface area contributed by atoms with Gasteiger partial charge in [0.05, 0.1) is 12.6 Å². The van der Waals surface area contributed by atoms with Crippen LogP contribution < -0.4 is 5.76 Å². The molecule has 0 saturated heterocycles. The molecule has 0 fully saturated rings. The van der Waals surface area contributed by atoms with Crippen LogP contribution in [0, 0.1) is 0 Å². The second kappa shape index (κ2) is 7.80. The van der Waals surface area contributed by atoms with E-state index in [0.29, 0.717) is 18.4 Å². The first kappa shape index (κ1) is 18.2. The van der Waals surface area contributed by atoms with Crippen LogP contribution in [0.2, 0.25) is 0 Å². The largest absolute Gasteiger partial charge is 0.441 e. The molecule has 1 aromatic carbocycles. The molecule has 6 nitrogen and oxygen atoms in total. The maximum atomic E-state index is 12.1. The maximum absolute atomic E-state index is 12.1. The average Bonchev–Trinajstić information content (AvgIpc) is 3.29. The molecule has 7 heteroatoms. The van der Waals surface area contributed by atoms with Crippen LogP contribution in [0.25, 0.3) is 11.4 Å². The fraction of sp³-hybridized carbons (Fsp3) is 0.400. The Kier molecular flexibility index (Phi) is 5.24. The van der Waals surface area contributed by atoms with E-state index in [0.717, 1.165) is 24.9 Å². The van der Waals surface area contributed by atoms with Gasteiger partial charge in [-0.2, -0.15) is 0 Å². The van der Waals surface area contributed by atoms with Gasteiger partial charge >= 0.3 is 5.76 Å². The Morgan fingerprint density at radius 1 is 1.30 bits per heavy atom. The van der Waals surface area contributed by atoms with Gasteiger partial charge in [0.2, 0.25) is 0 Å². The van der Waals surface area contributed by atoms with Crippen LogP contribution in [0.15, 0.2) is 51.1 Å². The van der Waals surface area contributed by atoms with Crippen molar-refractivity contribution in [2.45, 2.75) is 38.5 Å². The summed E-state index contributed by atoms with van der Waals surface area (Å²) >= 11 is 1.82. The molecule has 1 aliphatic heterocycles. The Morgan fingerprint density at radius 2 is 2.11 bits per heavy atom. The Balaban J connectivity index is 1.50. The highest BCUT2D eigenvalue weighted by Gasteiger charge is 2.28. The first-order valence-corrected chi connectivity index (χ1v) is 10.2. The Labute approximate surface area is 161 Å². The van der Waals surface area contributed by atoms with Gasteiger partial charge in [0, 0.05) is 29.6 Å². The van der Waals surface area contributed by atoms with Gasteiger partial charge in [-0.15, -0.1) is 11.3 Å². The molecule has 0 bridgehead atoms. The van der Waals surface area contributed by atoms with Crippen molar-refractivity contribution >= 4 is 11.3 Å². The third-order valence-corrected chi connectivity index (χ3v) is 6.15. The van der Waals surface area contributed by atoms with Crippen molar-refractivity contribution in [3.63, 3.8) is 0 Å². The molecule has 1 aliphatic rings. The number of nitrogens with zero attached hydrogens (tertiary/aromatic N) is 3. The first-order valence-electron chi connectivity index (χ1n) is 9.27. The van der Waals surface area contributed by atoms with Crippen molar-refractivity contribution in [2.24, 2.45) is 0 Å². The second-order valence-electron chi connectivity index (χ2n) is 6.87. The highest BCUT2D eigenvalue weighted by atomic mass is 32.1. The van der Waals surface area contributed by atoms with Crippen LogP contribution in [0.1, 0.15) is 29.8 Å². The second-order valence-corrected chi connectivity index (χ2v) is 7.87. The summed E-state index contributed by atoms with van der Waals surface area (Å²) in [5.74, 6) is -0.0934. The van der Waals surface area contributed by atoms with E-state index in [2.05, 4.69) is 28.4 Å². The number of rotatable bonds is 6. The zero-order valence-corrected chi connectivity index (χ0v) is 16.1. The van der Waals surface area contributed by atoms with Crippen molar-refractivity contribution in [2.75, 3.05) is 13.1 Å². The van der Waals surface area contributed by atoms with Crippen molar-refractivity contribution in [1.82, 2.24) is 14.6 Å². The first-order chi connectivity index (χ1) is 13.2.